The molecule has 6 nitrogen and oxygen atoms in total. The lowest BCUT2D eigenvalue weighted by Gasteiger charge is -2.25. The lowest BCUT2D eigenvalue weighted by molar-refractivity contribution is -0.137. The monoisotopic (exact) mass is 424 g/mol. The minimum atomic E-state index is -0.405. The topological polar surface area (TPSA) is 63.0 Å². The summed E-state index contributed by atoms with van der Waals surface area (Å²) in [7, 11) is 1.59. The molecule has 1 atom stereocenters. The maximum Gasteiger partial charge on any atom is 0.228 e. The fourth-order valence-electron chi connectivity index (χ4n) is 3.77. The van der Waals surface area contributed by atoms with Gasteiger partial charge in [-0.15, -0.1) is 11.3 Å². The maximum atomic E-state index is 13.4. The highest BCUT2D eigenvalue weighted by Gasteiger charge is 2.38. The molecule has 0 saturated carbocycles. The first kappa shape index (κ1) is 20.2. The van der Waals surface area contributed by atoms with Gasteiger partial charge in [0.05, 0.1) is 38.1 Å². The molecule has 7 heteroatoms. The molecule has 2 amide bonds. The lowest BCUT2D eigenvalue weighted by atomic mass is 10.1. The first-order valence-electron chi connectivity index (χ1n) is 9.83. The summed E-state index contributed by atoms with van der Waals surface area (Å²) in [5.41, 5.74) is 1.75. The summed E-state index contributed by atoms with van der Waals surface area (Å²) in [6.07, 6.45) is 1.79. The van der Waals surface area contributed by atoms with Crippen LogP contribution in [0.4, 0.5) is 5.69 Å². The summed E-state index contributed by atoms with van der Waals surface area (Å²) < 4.78 is 10.9. The molecule has 1 saturated heterocycles. The number of methoxy groups -OCH3 is 1. The van der Waals surface area contributed by atoms with Gasteiger partial charge >= 0.3 is 0 Å². The summed E-state index contributed by atoms with van der Waals surface area (Å²) in [6, 6.07) is 13.4. The van der Waals surface area contributed by atoms with Crippen molar-refractivity contribution < 1.29 is 18.7 Å². The summed E-state index contributed by atoms with van der Waals surface area (Å²) >= 11 is 1.61. The molecule has 0 N–H and O–H groups in total. The van der Waals surface area contributed by atoms with Gasteiger partial charge in [0, 0.05) is 17.8 Å². The number of hydrogen-bond acceptors (Lipinski definition) is 5. The van der Waals surface area contributed by atoms with E-state index in [2.05, 4.69) is 0 Å². The number of aryl methyl sites for hydroxylation is 1. The molecule has 1 unspecified atom stereocenters. The number of amides is 2. The summed E-state index contributed by atoms with van der Waals surface area (Å²) in [4.78, 5) is 30.8. The second-order valence-electron chi connectivity index (χ2n) is 7.43. The Morgan fingerprint density at radius 2 is 2.13 bits per heavy atom. The average Bonchev–Trinajstić information content (AvgIpc) is 3.49. The van der Waals surface area contributed by atoms with Gasteiger partial charge in [-0.3, -0.25) is 9.59 Å². The van der Waals surface area contributed by atoms with Crippen molar-refractivity contribution >= 4 is 28.8 Å². The predicted octanol–water partition coefficient (Wildman–Crippen LogP) is 4.24. The third-order valence-electron chi connectivity index (χ3n) is 5.26. The van der Waals surface area contributed by atoms with Crippen LogP contribution in [0.25, 0.3) is 0 Å². The minimum absolute atomic E-state index is 0.0396. The van der Waals surface area contributed by atoms with E-state index >= 15 is 0 Å². The molecule has 0 radical (unpaired) electrons. The molecular weight excluding hydrogens is 400 g/mol. The molecule has 4 rings (SSSR count). The molecule has 30 heavy (non-hydrogen) atoms. The number of thiophene rings is 1. The summed E-state index contributed by atoms with van der Waals surface area (Å²) in [5, 5.41) is 2.00. The fraction of sp³-hybridized carbons (Fsp3) is 0.304. The van der Waals surface area contributed by atoms with Crippen LogP contribution >= 0.6 is 11.3 Å². The molecule has 3 heterocycles. The van der Waals surface area contributed by atoms with Crippen molar-refractivity contribution in [1.82, 2.24) is 4.90 Å². The van der Waals surface area contributed by atoms with Crippen molar-refractivity contribution in [2.75, 3.05) is 18.6 Å². The number of rotatable bonds is 7. The fourth-order valence-corrected chi connectivity index (χ4v) is 4.49. The van der Waals surface area contributed by atoms with Crippen molar-refractivity contribution in [3.05, 3.63) is 70.3 Å². The van der Waals surface area contributed by atoms with Crippen molar-refractivity contribution in [1.29, 1.82) is 0 Å². The zero-order valence-electron chi connectivity index (χ0n) is 17.0. The number of hydrogen-bond donors (Lipinski definition) is 0. The molecule has 3 aromatic rings. The molecule has 0 aliphatic carbocycles. The zero-order valence-corrected chi connectivity index (χ0v) is 17.9. The van der Waals surface area contributed by atoms with Crippen molar-refractivity contribution in [2.24, 2.45) is 5.92 Å². The third kappa shape index (κ3) is 4.26. The minimum Gasteiger partial charge on any atom is -0.495 e. The van der Waals surface area contributed by atoms with Gasteiger partial charge in [-0.1, -0.05) is 12.1 Å². The average molecular weight is 425 g/mol. The number of carbonyl (C=O) groups is 2. The van der Waals surface area contributed by atoms with Crippen LogP contribution in [0.1, 0.15) is 22.6 Å². The quantitative estimate of drug-likeness (QED) is 0.569. The second-order valence-corrected chi connectivity index (χ2v) is 8.47. The van der Waals surface area contributed by atoms with Gasteiger partial charge in [-0.05, 0) is 48.2 Å². The van der Waals surface area contributed by atoms with Crippen molar-refractivity contribution in [3.8, 4) is 5.75 Å². The van der Waals surface area contributed by atoms with E-state index in [1.165, 1.54) is 0 Å². The van der Waals surface area contributed by atoms with Crippen LogP contribution in [-0.2, 0) is 22.7 Å². The van der Waals surface area contributed by atoms with Gasteiger partial charge in [-0.25, -0.2) is 0 Å². The Kier molecular flexibility index (Phi) is 5.90. The first-order valence-corrected chi connectivity index (χ1v) is 10.7. The Hall–Kier alpha value is -3.06. The normalized spacial score (nSPS) is 16.1. The van der Waals surface area contributed by atoms with E-state index in [0.29, 0.717) is 31.1 Å². The molecule has 0 spiro atoms. The van der Waals surface area contributed by atoms with E-state index in [4.69, 9.17) is 9.15 Å². The number of carbonyl (C=O) groups excluding carboxylic acids is 2. The van der Waals surface area contributed by atoms with Gasteiger partial charge in [0.15, 0.2) is 0 Å². The maximum absolute atomic E-state index is 13.4. The molecular formula is C23H24N2O4S. The van der Waals surface area contributed by atoms with Gasteiger partial charge in [0.1, 0.15) is 11.5 Å². The largest absolute Gasteiger partial charge is 0.495 e. The molecule has 0 bridgehead atoms. The van der Waals surface area contributed by atoms with Crippen LogP contribution in [0.3, 0.4) is 0 Å². The highest BCUT2D eigenvalue weighted by atomic mass is 32.1. The molecule has 1 aliphatic heterocycles. The molecule has 2 aromatic heterocycles. The summed E-state index contributed by atoms with van der Waals surface area (Å²) in [6.45, 7) is 3.19. The van der Waals surface area contributed by atoms with Gasteiger partial charge in [0.2, 0.25) is 11.8 Å². The van der Waals surface area contributed by atoms with E-state index in [1.807, 2.05) is 54.8 Å². The predicted molar refractivity (Wildman–Crippen MR) is 115 cm³/mol. The van der Waals surface area contributed by atoms with E-state index in [9.17, 15) is 9.59 Å². The highest BCUT2D eigenvalue weighted by Crippen LogP contribution is 2.34. The second kappa shape index (κ2) is 8.75. The molecule has 1 aliphatic rings. The Bertz CT molecular complexity index is 978. The van der Waals surface area contributed by atoms with Crippen LogP contribution in [0.5, 0.6) is 5.75 Å². The summed E-state index contributed by atoms with van der Waals surface area (Å²) in [5.74, 6) is 0.848. The van der Waals surface area contributed by atoms with E-state index in [1.54, 1.807) is 34.5 Å². The van der Waals surface area contributed by atoms with Gasteiger partial charge in [-0.2, -0.15) is 0 Å². The third-order valence-corrected chi connectivity index (χ3v) is 6.13. The van der Waals surface area contributed by atoms with Crippen LogP contribution in [-0.4, -0.2) is 30.4 Å². The molecule has 1 aromatic carbocycles. The zero-order chi connectivity index (χ0) is 21.1. The number of anilines is 1. The Morgan fingerprint density at radius 1 is 1.27 bits per heavy atom. The number of ether oxygens (including phenoxy) is 1. The highest BCUT2D eigenvalue weighted by molar-refractivity contribution is 7.09. The number of benzene rings is 1. The van der Waals surface area contributed by atoms with Gasteiger partial charge in [0.25, 0.3) is 0 Å². The number of furan rings is 1. The Labute approximate surface area is 179 Å². The molecule has 156 valence electrons. The molecule has 1 fully saturated rings. The van der Waals surface area contributed by atoms with Crippen LogP contribution < -0.4 is 9.64 Å². The van der Waals surface area contributed by atoms with Gasteiger partial charge < -0.3 is 19.0 Å². The van der Waals surface area contributed by atoms with Crippen molar-refractivity contribution in [3.63, 3.8) is 0 Å². The smallest absolute Gasteiger partial charge is 0.228 e. The van der Waals surface area contributed by atoms with Crippen molar-refractivity contribution in [2.45, 2.75) is 26.4 Å². The standard InChI is InChI=1S/C23H24N2O4S/c1-16-7-8-21(28-2)20(11-16)25-13-17(12-22(25)26)23(27)24(14-18-5-3-9-29-18)15-19-6-4-10-30-19/h3-11,17H,12-15H2,1-2H3. The Balaban J connectivity index is 1.55. The number of nitrogens with zero attached hydrogens (tertiary/aromatic N) is 2. The SMILES string of the molecule is COc1ccc(C)cc1N1CC(C(=O)N(Cc2ccco2)Cc2cccs2)CC1=O. The van der Waals surface area contributed by atoms with E-state index in [0.717, 1.165) is 16.2 Å². The van der Waals surface area contributed by atoms with Crippen LogP contribution in [0.15, 0.2) is 58.5 Å². The first-order chi connectivity index (χ1) is 14.5. The van der Waals surface area contributed by atoms with Crippen LogP contribution in [0, 0.1) is 12.8 Å². The van der Waals surface area contributed by atoms with E-state index < -0.39 is 5.92 Å². The van der Waals surface area contributed by atoms with E-state index in [-0.39, 0.29) is 18.2 Å². The van der Waals surface area contributed by atoms with Crippen LogP contribution in [0.2, 0.25) is 0 Å². The Morgan fingerprint density at radius 3 is 2.83 bits per heavy atom. The lowest BCUT2D eigenvalue weighted by Crippen LogP contribution is -2.36.